The molecule has 2 aliphatic heterocycles. The molecule has 38 heteroatoms. The summed E-state index contributed by atoms with van der Waals surface area (Å²) in [6.45, 7) is 12.4. The van der Waals surface area contributed by atoms with Crippen molar-refractivity contribution < 1.29 is 88.8 Å². The van der Waals surface area contributed by atoms with Crippen molar-refractivity contribution in [2.75, 3.05) is 64.0 Å². The molecule has 19 rings (SSSR count). The molecule has 6 aromatic carbocycles. The highest BCUT2D eigenvalue weighted by atomic mass is 32.2. The third-order valence-corrected chi connectivity index (χ3v) is 37.7. The molecule has 1 N–H and O–H groups in total. The molecule has 12 aromatic rings. The van der Waals surface area contributed by atoms with E-state index in [9.17, 15) is 55.6 Å². The predicted molar refractivity (Wildman–Crippen MR) is 545 cm³/mol. The zero-order valence-corrected chi connectivity index (χ0v) is 88.4. The maximum absolute atomic E-state index is 11.8. The summed E-state index contributed by atoms with van der Waals surface area (Å²) in [6, 6.07) is 41.2. The van der Waals surface area contributed by atoms with Gasteiger partial charge >= 0.3 is 0 Å². The Labute approximate surface area is 829 Å². The van der Waals surface area contributed by atoms with E-state index in [1.807, 2.05) is 62.4 Å². The number of epoxide rings is 2. The zero-order valence-electron chi connectivity index (χ0n) is 78.6. The van der Waals surface area contributed by atoms with Crippen molar-refractivity contribution in [2.24, 2.45) is 0 Å². The molecule has 5 aliphatic carbocycles. The fourth-order valence-electron chi connectivity index (χ4n) is 16.3. The Balaban J connectivity index is 0.000000132. The van der Waals surface area contributed by atoms with E-state index >= 15 is 0 Å². The number of hydrogen-bond acceptors (Lipinski definition) is 32. The van der Waals surface area contributed by atoms with Gasteiger partial charge in [-0.1, -0.05) is 125 Å². The topological polar surface area (TPSA) is 374 Å². The summed E-state index contributed by atoms with van der Waals surface area (Å²) >= 11 is 9.52. The first-order chi connectivity index (χ1) is 65.1. The minimum atomic E-state index is -3.20. The first-order valence-corrected chi connectivity index (χ1v) is 62.3. The lowest BCUT2D eigenvalue weighted by molar-refractivity contribution is 0.203. The van der Waals surface area contributed by atoms with Gasteiger partial charge in [0.15, 0.2) is 59.0 Å². The van der Waals surface area contributed by atoms with Gasteiger partial charge in [-0.05, 0) is 230 Å². The molecule has 26 nitrogen and oxygen atoms in total. The number of thiazole rings is 6. The standard InChI is InChI=1S/C21H27NO3S2.C19H23NO4S2.C18H23NO3S2.C16H19NO3S2.C14H15NO4S2.C11H11NO3S2/c1-27(23,24)18-13-11-15(12-14-18)19-20(25-17-9-5-6-10-17)22-21(26-19)16-7-3-2-4-8-16;1-26(21,22)16-9-7-13(8-10-16)17-18(24-12-15-11-23-15)20-19(25-17)14-5-3-2-4-6-14;1-12(2)18-19-17(22-14-6-4-5-7-14)16(23-18)13-8-10-15(11-9-13)24(3,20)21;1-11-17-16(20-13-5-3-4-6-13)15(21-11)12-7-9-14(10-8-12)22(2,18)19;1-9-15-14(19-8-11-7-18-11)13(20-9)10-3-5-12(6-4-10)21(2,16)17;1-7-12-11(13)10(16-7)8-3-5-9(6-4-8)17(2,14)15/h11-14,16-17H,2-10H2,1H3;7-10,14-15H,2-6,11-12H2,1H3;8-12,14H,4-7H2,1-3H3;7-10,13H,3-6H2,1-2H3;3-6,11H,7-8H2,1-2H3;3-6,13H,1-2H3. The number of sulfone groups is 6. The van der Waals surface area contributed by atoms with Gasteiger partial charge in [0.2, 0.25) is 35.3 Å². The van der Waals surface area contributed by atoms with Crippen molar-refractivity contribution in [1.29, 1.82) is 0 Å². The lowest BCUT2D eigenvalue weighted by Gasteiger charge is -2.18. The molecule has 2 atom stereocenters. The molecule has 8 heterocycles. The average Bonchev–Trinajstić information content (AvgIpc) is 1.65. The number of ether oxygens (including phenoxy) is 7. The van der Waals surface area contributed by atoms with E-state index in [0.717, 1.165) is 147 Å². The van der Waals surface area contributed by atoms with Gasteiger partial charge < -0.3 is 38.3 Å². The van der Waals surface area contributed by atoms with Gasteiger partial charge in [-0.25, -0.2) is 80.4 Å². The molecule has 7 aliphatic rings. The molecule has 0 amide bonds. The van der Waals surface area contributed by atoms with Crippen LogP contribution in [0.1, 0.15) is 203 Å². The summed E-state index contributed by atoms with van der Waals surface area (Å²) in [5, 5.41) is 15.6. The molecule has 137 heavy (non-hydrogen) atoms. The van der Waals surface area contributed by atoms with Crippen LogP contribution in [0.3, 0.4) is 0 Å². The van der Waals surface area contributed by atoms with E-state index in [0.29, 0.717) is 83.8 Å². The smallest absolute Gasteiger partial charge is 0.233 e. The molecule has 0 bridgehead atoms. The highest BCUT2D eigenvalue weighted by Gasteiger charge is 2.32. The first-order valence-electron chi connectivity index (χ1n) is 46.0. The number of aromatic hydroxyl groups is 1. The van der Waals surface area contributed by atoms with Gasteiger partial charge in [0.25, 0.3) is 0 Å². The Morgan fingerprint density at radius 2 is 0.540 bits per heavy atom. The van der Waals surface area contributed by atoms with Crippen LogP contribution in [0.5, 0.6) is 35.3 Å². The summed E-state index contributed by atoms with van der Waals surface area (Å²) in [5.41, 5.74) is 5.52. The Morgan fingerprint density at radius 3 is 0.832 bits per heavy atom. The lowest BCUT2D eigenvalue weighted by Crippen LogP contribution is -2.12. The van der Waals surface area contributed by atoms with Crippen LogP contribution in [0, 0.1) is 20.8 Å². The number of hydrogen-bond donors (Lipinski definition) is 1. The third kappa shape index (κ3) is 29.6. The molecule has 736 valence electrons. The predicted octanol–water partition coefficient (Wildman–Crippen LogP) is 22.7. The van der Waals surface area contributed by atoms with Gasteiger partial charge in [-0.3, -0.25) is 0 Å². The van der Waals surface area contributed by atoms with E-state index in [1.165, 1.54) is 174 Å². The monoisotopic (exact) mass is 2090 g/mol. The highest BCUT2D eigenvalue weighted by Crippen LogP contribution is 2.48. The van der Waals surface area contributed by atoms with Crippen LogP contribution in [0.2, 0.25) is 0 Å². The fourth-order valence-corrected chi connectivity index (χ4v) is 26.0. The largest absolute Gasteiger partial charge is 0.492 e. The first kappa shape index (κ1) is 104. The second kappa shape index (κ2) is 46.1. The molecule has 5 saturated carbocycles. The average molecular weight is 2100 g/mol. The van der Waals surface area contributed by atoms with Crippen molar-refractivity contribution in [3.8, 4) is 97.9 Å². The van der Waals surface area contributed by atoms with Crippen LogP contribution in [0.4, 0.5) is 0 Å². The maximum atomic E-state index is 11.8. The number of aryl methyl sites for hydroxylation is 3. The minimum Gasteiger partial charge on any atom is -0.492 e. The Morgan fingerprint density at radius 1 is 0.307 bits per heavy atom. The lowest BCUT2D eigenvalue weighted by atomic mass is 9.90. The summed E-state index contributed by atoms with van der Waals surface area (Å²) in [5.74, 6) is 4.74. The van der Waals surface area contributed by atoms with Gasteiger partial charge in [-0.2, -0.15) is 0 Å². The second-order valence-corrected chi connectivity index (χ2v) is 54.7. The van der Waals surface area contributed by atoms with E-state index < -0.39 is 59.0 Å². The number of nitrogens with zero attached hydrogens (tertiary/aromatic N) is 6. The van der Waals surface area contributed by atoms with Crippen molar-refractivity contribution in [1.82, 2.24) is 29.9 Å². The third-order valence-electron chi connectivity index (χ3n) is 24.0. The second-order valence-electron chi connectivity index (χ2n) is 35.9. The summed E-state index contributed by atoms with van der Waals surface area (Å²) in [7, 11) is -19.1. The van der Waals surface area contributed by atoms with Crippen molar-refractivity contribution >= 4 is 127 Å². The van der Waals surface area contributed by atoms with E-state index in [1.54, 1.807) is 137 Å². The quantitative estimate of drug-likeness (QED) is 0.0467. The van der Waals surface area contributed by atoms with Crippen molar-refractivity contribution in [3.63, 3.8) is 0 Å². The molecular formula is C99H118N6O20S12. The van der Waals surface area contributed by atoms with Crippen LogP contribution in [0.25, 0.3) is 62.6 Å². The maximum Gasteiger partial charge on any atom is 0.233 e. The highest BCUT2D eigenvalue weighted by molar-refractivity contribution is 7.92. The summed E-state index contributed by atoms with van der Waals surface area (Å²) in [4.78, 5) is 34.7. The summed E-state index contributed by atoms with van der Waals surface area (Å²) in [6.07, 6.45) is 34.7. The number of benzene rings is 6. The van der Waals surface area contributed by atoms with E-state index in [4.69, 9.17) is 48.1 Å². The SMILES string of the molecule is CC(C)c1nc(OC2CCCC2)c(-c2ccc(S(C)(=O)=O)cc2)s1.CS(=O)(=O)c1ccc(-c2sc(C3CCCCC3)nc2OC2CCCC2)cc1.CS(=O)(=O)c1ccc(-c2sc(C3CCCCC3)nc2OCC2CO2)cc1.Cc1nc(O)c(-c2ccc(S(C)(=O)=O)cc2)s1.Cc1nc(OC2CCCC2)c(-c2ccc(S(C)(=O)=O)cc2)s1.Cc1nc(OCC2CO2)c(-c2ccc(S(C)(=O)=O)cc2)s1. The van der Waals surface area contributed by atoms with Crippen LogP contribution in [0.15, 0.2) is 175 Å². The van der Waals surface area contributed by atoms with Crippen LogP contribution in [-0.4, -0.2) is 180 Å². The van der Waals surface area contributed by atoms with Gasteiger partial charge in [0.05, 0.1) is 91.9 Å². The van der Waals surface area contributed by atoms with Crippen LogP contribution >= 0.6 is 68.0 Å². The Bertz CT molecular complexity index is 6800. The molecular weight excluding hydrogens is 1980 g/mol. The molecule has 0 spiro atoms. The van der Waals surface area contributed by atoms with Gasteiger partial charge in [0, 0.05) is 55.3 Å². The van der Waals surface area contributed by atoms with E-state index in [2.05, 4.69) is 28.8 Å². The number of aromatic nitrogens is 6. The molecule has 7 fully saturated rings. The van der Waals surface area contributed by atoms with Gasteiger partial charge in [0.1, 0.15) is 53.7 Å². The number of rotatable bonds is 27. The van der Waals surface area contributed by atoms with Crippen molar-refractivity contribution in [2.45, 2.75) is 254 Å². The van der Waals surface area contributed by atoms with Crippen LogP contribution < -0.4 is 23.7 Å². The summed E-state index contributed by atoms with van der Waals surface area (Å²) < 4.78 is 179. The zero-order chi connectivity index (χ0) is 97.7. The molecule has 2 saturated heterocycles. The van der Waals surface area contributed by atoms with E-state index in [-0.39, 0.29) is 41.3 Å². The molecule has 2 unspecified atom stereocenters. The fraction of sp³-hybridized carbons (Fsp3) is 0.455. The van der Waals surface area contributed by atoms with Crippen LogP contribution in [-0.2, 0) is 68.5 Å². The Kier molecular flexibility index (Phi) is 35.1. The Hall–Kier alpha value is -8.48. The minimum absolute atomic E-state index is 0.0143. The van der Waals surface area contributed by atoms with Crippen molar-refractivity contribution in [3.05, 3.63) is 176 Å². The normalized spacial score (nSPS) is 17.3. The molecule has 0 radical (unpaired) electrons. The van der Waals surface area contributed by atoms with Gasteiger partial charge in [-0.15, -0.1) is 68.0 Å². The molecule has 6 aromatic heterocycles.